The van der Waals surface area contributed by atoms with Crippen LogP contribution in [0.1, 0.15) is 49.9 Å². The van der Waals surface area contributed by atoms with Crippen molar-refractivity contribution in [2.45, 2.75) is 65.1 Å². The number of nitrogens with one attached hydrogen (secondary N) is 2. The molecule has 1 aliphatic rings. The normalized spacial score (nSPS) is 16.4. The minimum Gasteiger partial charge on any atom is -0.332 e. The molecule has 2 N–H and O–H groups in total. The molecule has 1 aromatic heterocycles. The summed E-state index contributed by atoms with van der Waals surface area (Å²) in [5.74, 6) is 0.341. The first kappa shape index (κ1) is 29.7. The molecule has 2 heterocycles. The summed E-state index contributed by atoms with van der Waals surface area (Å²) in [6, 6.07) is 18.5. The van der Waals surface area contributed by atoms with Crippen molar-refractivity contribution < 1.29 is 9.59 Å². The van der Waals surface area contributed by atoms with Crippen LogP contribution in [-0.4, -0.2) is 54.3 Å². The lowest BCUT2D eigenvalue weighted by atomic mass is 9.97. The van der Waals surface area contributed by atoms with E-state index < -0.39 is 0 Å². The Morgan fingerprint density at radius 1 is 1.16 bits per heavy atom. The number of amides is 1. The van der Waals surface area contributed by atoms with E-state index in [0.717, 1.165) is 50.8 Å². The number of carbonyl (C=O) groups is 2. The van der Waals surface area contributed by atoms with Gasteiger partial charge in [-0.2, -0.15) is 0 Å². The largest absolute Gasteiger partial charge is 0.332 e. The lowest BCUT2D eigenvalue weighted by molar-refractivity contribution is -0.137. The molecule has 3 atom stereocenters. The van der Waals surface area contributed by atoms with Gasteiger partial charge < -0.3 is 20.3 Å². The molecule has 0 aliphatic carbocycles. The molecule has 0 saturated carbocycles. The number of aryl methyl sites for hydroxylation is 1. The van der Waals surface area contributed by atoms with Crippen molar-refractivity contribution >= 4 is 23.5 Å². The number of benzene rings is 2. The van der Waals surface area contributed by atoms with Gasteiger partial charge in [0.25, 0.3) is 0 Å². The van der Waals surface area contributed by atoms with Crippen LogP contribution >= 0.6 is 11.3 Å². The molecule has 204 valence electrons. The molecule has 0 spiro atoms. The molecule has 0 bridgehead atoms. The van der Waals surface area contributed by atoms with Gasteiger partial charge >= 0.3 is 0 Å². The van der Waals surface area contributed by atoms with Crippen LogP contribution < -0.4 is 10.6 Å². The standard InChI is InChI=1S/C19H28N2O2.C12H14N2S/c1-3-15(2)18(19(23)21-13-7-10-17(21)14-22)20-12-11-16-8-5-4-6-9-16;1-9-12(15-8-14-9)11-5-3-10(4-6-11)7-13-2/h4-6,8-9,14-15,17-18,20H,3,7,10-13H2,1-2H3;3-6,8,13H,7H2,1-2H3. The number of hydrogen-bond acceptors (Lipinski definition) is 6. The summed E-state index contributed by atoms with van der Waals surface area (Å²) in [7, 11) is 1.96. The molecule has 2 aromatic carbocycles. The third kappa shape index (κ3) is 8.32. The summed E-state index contributed by atoms with van der Waals surface area (Å²) in [5.41, 5.74) is 6.84. The Kier molecular flexibility index (Phi) is 12.1. The number of aromatic nitrogens is 1. The highest BCUT2D eigenvalue weighted by Gasteiger charge is 2.34. The van der Waals surface area contributed by atoms with Crippen LogP contribution in [0.15, 0.2) is 60.1 Å². The lowest BCUT2D eigenvalue weighted by Gasteiger charge is -2.30. The van der Waals surface area contributed by atoms with Crippen molar-refractivity contribution in [2.75, 3.05) is 20.1 Å². The Bertz CT molecular complexity index is 1120. The Morgan fingerprint density at radius 2 is 1.89 bits per heavy atom. The molecule has 1 amide bonds. The van der Waals surface area contributed by atoms with E-state index in [0.29, 0.717) is 6.54 Å². The van der Waals surface area contributed by atoms with Crippen molar-refractivity contribution in [3.63, 3.8) is 0 Å². The molecule has 6 nitrogen and oxygen atoms in total. The van der Waals surface area contributed by atoms with Crippen LogP contribution in [-0.2, 0) is 22.6 Å². The van der Waals surface area contributed by atoms with E-state index in [2.05, 4.69) is 65.9 Å². The zero-order valence-corrected chi connectivity index (χ0v) is 24.0. The number of thiazole rings is 1. The predicted molar refractivity (Wildman–Crippen MR) is 157 cm³/mol. The Balaban J connectivity index is 0.000000230. The molecule has 0 radical (unpaired) electrons. The minimum atomic E-state index is -0.232. The molecule has 1 fully saturated rings. The van der Waals surface area contributed by atoms with Gasteiger partial charge in [-0.15, -0.1) is 11.3 Å². The second-order valence-electron chi connectivity index (χ2n) is 9.92. The van der Waals surface area contributed by atoms with Crippen molar-refractivity contribution in [1.29, 1.82) is 0 Å². The second-order valence-corrected chi connectivity index (χ2v) is 10.8. The summed E-state index contributed by atoms with van der Waals surface area (Å²) in [6.45, 7) is 8.64. The van der Waals surface area contributed by atoms with E-state index in [9.17, 15) is 9.59 Å². The van der Waals surface area contributed by atoms with E-state index in [-0.39, 0.29) is 23.9 Å². The van der Waals surface area contributed by atoms with Crippen LogP contribution in [0.2, 0.25) is 0 Å². The maximum Gasteiger partial charge on any atom is 0.240 e. The first-order valence-corrected chi connectivity index (χ1v) is 14.5. The Labute approximate surface area is 231 Å². The van der Waals surface area contributed by atoms with E-state index in [1.807, 2.05) is 37.7 Å². The number of carbonyl (C=O) groups excluding carboxylic acids is 2. The number of hydrogen-bond donors (Lipinski definition) is 2. The van der Waals surface area contributed by atoms with E-state index in [4.69, 9.17) is 0 Å². The van der Waals surface area contributed by atoms with Gasteiger partial charge in [0.2, 0.25) is 5.91 Å². The molecule has 3 unspecified atom stereocenters. The minimum absolute atomic E-state index is 0.0852. The summed E-state index contributed by atoms with van der Waals surface area (Å²) in [5, 5.41) is 6.57. The number of likely N-dealkylation sites (tertiary alicyclic amines) is 1. The number of aldehydes is 1. The highest BCUT2D eigenvalue weighted by atomic mass is 32.1. The van der Waals surface area contributed by atoms with Gasteiger partial charge in [-0.3, -0.25) is 4.79 Å². The van der Waals surface area contributed by atoms with Crippen molar-refractivity contribution in [2.24, 2.45) is 5.92 Å². The molecular formula is C31H42N4O2S. The molecule has 3 aromatic rings. The molecule has 7 heteroatoms. The summed E-state index contributed by atoms with van der Waals surface area (Å²) < 4.78 is 0. The van der Waals surface area contributed by atoms with Crippen molar-refractivity contribution in [3.8, 4) is 10.4 Å². The zero-order chi connectivity index (χ0) is 27.3. The first-order valence-electron chi connectivity index (χ1n) is 13.7. The van der Waals surface area contributed by atoms with Crippen LogP contribution in [0.25, 0.3) is 10.4 Å². The van der Waals surface area contributed by atoms with E-state index in [1.54, 1.807) is 16.2 Å². The van der Waals surface area contributed by atoms with Crippen LogP contribution in [0.5, 0.6) is 0 Å². The van der Waals surface area contributed by atoms with Gasteiger partial charge in [0.15, 0.2) is 0 Å². The molecular weight excluding hydrogens is 492 g/mol. The van der Waals surface area contributed by atoms with E-state index >= 15 is 0 Å². The average molecular weight is 535 g/mol. The fraction of sp³-hybridized carbons (Fsp3) is 0.452. The van der Waals surface area contributed by atoms with Gasteiger partial charge in [-0.05, 0) is 62.4 Å². The molecule has 38 heavy (non-hydrogen) atoms. The third-order valence-electron chi connectivity index (χ3n) is 7.18. The average Bonchev–Trinajstić information content (AvgIpc) is 3.61. The fourth-order valence-corrected chi connectivity index (χ4v) is 5.54. The number of nitrogens with zero attached hydrogens (tertiary/aromatic N) is 2. The van der Waals surface area contributed by atoms with Crippen LogP contribution in [0.3, 0.4) is 0 Å². The summed E-state index contributed by atoms with van der Waals surface area (Å²) in [6.07, 6.45) is 4.48. The predicted octanol–water partition coefficient (Wildman–Crippen LogP) is 5.26. The summed E-state index contributed by atoms with van der Waals surface area (Å²) in [4.78, 5) is 31.3. The first-order chi connectivity index (χ1) is 18.5. The van der Waals surface area contributed by atoms with Crippen LogP contribution in [0.4, 0.5) is 0 Å². The number of rotatable bonds is 11. The van der Waals surface area contributed by atoms with Crippen LogP contribution in [0, 0.1) is 12.8 Å². The smallest absolute Gasteiger partial charge is 0.240 e. The van der Waals surface area contributed by atoms with Gasteiger partial charge in [-0.25, -0.2) is 4.98 Å². The Hall–Kier alpha value is -2.87. The van der Waals surface area contributed by atoms with Crippen molar-refractivity contribution in [1.82, 2.24) is 20.5 Å². The SMILES string of the molecule is CCC(C)C(NCCc1ccccc1)C(=O)N1CCCC1C=O.CNCc1ccc(-c2scnc2C)cc1. The maximum atomic E-state index is 12.9. The highest BCUT2D eigenvalue weighted by Crippen LogP contribution is 2.27. The maximum absolute atomic E-state index is 12.9. The Morgan fingerprint density at radius 3 is 2.50 bits per heavy atom. The van der Waals surface area contributed by atoms with Gasteiger partial charge in [0, 0.05) is 13.1 Å². The highest BCUT2D eigenvalue weighted by molar-refractivity contribution is 7.13. The van der Waals surface area contributed by atoms with E-state index in [1.165, 1.54) is 21.6 Å². The molecule has 1 aliphatic heterocycles. The van der Waals surface area contributed by atoms with Crippen molar-refractivity contribution in [3.05, 3.63) is 76.9 Å². The van der Waals surface area contributed by atoms with Gasteiger partial charge in [0.05, 0.1) is 28.2 Å². The monoisotopic (exact) mass is 534 g/mol. The quantitative estimate of drug-likeness (QED) is 0.328. The molecule has 1 saturated heterocycles. The fourth-order valence-electron chi connectivity index (χ4n) is 4.73. The molecule has 4 rings (SSSR count). The lowest BCUT2D eigenvalue weighted by Crippen LogP contribution is -2.52. The zero-order valence-electron chi connectivity index (χ0n) is 23.2. The topological polar surface area (TPSA) is 74.3 Å². The van der Waals surface area contributed by atoms with Gasteiger partial charge in [-0.1, -0.05) is 74.9 Å². The second kappa shape index (κ2) is 15.5. The summed E-state index contributed by atoms with van der Waals surface area (Å²) >= 11 is 1.70. The van der Waals surface area contributed by atoms with Gasteiger partial charge in [0.1, 0.15) is 6.29 Å². The third-order valence-corrected chi connectivity index (χ3v) is 8.16.